The predicted octanol–water partition coefficient (Wildman–Crippen LogP) is 10.3. The average molecular weight is 706 g/mol. The summed E-state index contributed by atoms with van der Waals surface area (Å²) >= 11 is 13.6. The van der Waals surface area contributed by atoms with E-state index >= 15 is 0 Å². The van der Waals surface area contributed by atoms with Gasteiger partial charge in [0.1, 0.15) is 5.01 Å². The number of hydrogen-bond acceptors (Lipinski definition) is 10. The smallest absolute Gasteiger partial charge is 0.399 e. The minimum atomic E-state index is -0.273. The molecule has 1 aliphatic rings. The van der Waals surface area contributed by atoms with Crippen LogP contribution in [0.25, 0.3) is 29.4 Å². The van der Waals surface area contributed by atoms with Crippen LogP contribution in [-0.2, 0) is 9.31 Å². The molecule has 7 rings (SSSR count). The van der Waals surface area contributed by atoms with Gasteiger partial charge in [0.25, 0.3) is 0 Å². The van der Waals surface area contributed by atoms with E-state index in [0.29, 0.717) is 0 Å². The van der Waals surface area contributed by atoms with E-state index in [1.165, 1.54) is 24.4 Å². The molecule has 1 aliphatic heterocycles. The third-order valence-electron chi connectivity index (χ3n) is 6.29. The molecule has 0 spiro atoms. The number of thiophene rings is 4. The molecule has 1 saturated heterocycles. The zero-order valence-corrected chi connectivity index (χ0v) is 28.7. The minimum Gasteiger partial charge on any atom is -0.399 e. The molecule has 0 N–H and O–H groups in total. The first-order valence-corrected chi connectivity index (χ1v) is 18.2. The Morgan fingerprint density at radius 2 is 1.20 bits per heavy atom. The van der Waals surface area contributed by atoms with Gasteiger partial charge in [-0.25, -0.2) is 9.97 Å². The Labute approximate surface area is 267 Å². The molecule has 0 aliphatic carbocycles. The number of aromatic nitrogens is 2. The summed E-state index contributed by atoms with van der Waals surface area (Å²) < 4.78 is 14.2. The van der Waals surface area contributed by atoms with Gasteiger partial charge in [0.05, 0.1) is 16.1 Å². The second kappa shape index (κ2) is 13.2. The molecule has 0 atom stereocenters. The van der Waals surface area contributed by atoms with E-state index in [4.69, 9.17) is 9.31 Å². The van der Waals surface area contributed by atoms with Gasteiger partial charge in [-0.05, 0) is 84.7 Å². The minimum absolute atomic E-state index is 0.247. The molecule has 6 aromatic rings. The van der Waals surface area contributed by atoms with Gasteiger partial charge >= 0.3 is 7.12 Å². The van der Waals surface area contributed by atoms with Crippen LogP contribution in [0.5, 0.6) is 0 Å². The van der Waals surface area contributed by atoms with Gasteiger partial charge in [0.15, 0.2) is 3.92 Å². The van der Waals surface area contributed by atoms with Crippen molar-refractivity contribution < 1.29 is 9.31 Å². The number of halogens is 1. The number of hydrogen-bond donors (Lipinski definition) is 0. The molecular weight excluding hydrogens is 679 g/mol. The molecule has 206 valence electrons. The maximum Gasteiger partial charge on any atom is 0.505 e. The molecule has 0 unspecified atom stereocenters. The Morgan fingerprint density at radius 3 is 1.70 bits per heavy atom. The molecule has 6 aromatic heterocycles. The second-order valence-electron chi connectivity index (χ2n) is 9.53. The highest BCUT2D eigenvalue weighted by atomic mass is 79.9. The van der Waals surface area contributed by atoms with Crippen LogP contribution < -0.4 is 4.78 Å². The number of nitrogens with zero attached hydrogens (tertiary/aromatic N) is 2. The zero-order valence-electron chi connectivity index (χ0n) is 22.2. The summed E-state index contributed by atoms with van der Waals surface area (Å²) in [4.78, 5) is 14.7. The standard InChI is InChI=1S/C14H17BO2S2.C11H7NS3.C3H2BrNS/c1-13(2)14(3,4)17-15(16-13)12-8-7-11(19-12)10-6-5-9-18-10;1-2-8(13-6-1)9-3-4-10(15-9)11-12-5-7-14-11;4-3-5-1-2-6-3/h5-9H,1-4H3;1-7H;1-2H. The Morgan fingerprint density at radius 1 is 0.625 bits per heavy atom. The lowest BCUT2D eigenvalue weighted by Crippen LogP contribution is -2.41. The predicted molar refractivity (Wildman–Crippen MR) is 182 cm³/mol. The van der Waals surface area contributed by atoms with Gasteiger partial charge in [-0.15, -0.1) is 68.0 Å². The quantitative estimate of drug-likeness (QED) is 0.171. The molecule has 4 nitrogen and oxygen atoms in total. The van der Waals surface area contributed by atoms with Gasteiger partial charge in [0, 0.05) is 47.4 Å². The molecule has 1 fully saturated rings. The normalized spacial score (nSPS) is 15.3. The van der Waals surface area contributed by atoms with Crippen LogP contribution in [0, 0.1) is 0 Å². The van der Waals surface area contributed by atoms with E-state index in [1.807, 2.05) is 17.0 Å². The fourth-order valence-corrected chi connectivity index (χ4v) is 8.70. The SMILES string of the molecule is Brc1nccs1.CC1(C)OB(c2ccc(-c3cccs3)s2)OC1(C)C.c1csc(-c2ccc(-c3nccs3)s2)c1. The molecule has 7 heterocycles. The second-order valence-corrected chi connectivity index (χ2v) is 16.7. The van der Waals surface area contributed by atoms with Crippen molar-refractivity contribution in [2.24, 2.45) is 0 Å². The summed E-state index contributed by atoms with van der Waals surface area (Å²) in [6, 6.07) is 17.0. The summed E-state index contributed by atoms with van der Waals surface area (Å²) in [5, 5.41) is 9.26. The van der Waals surface area contributed by atoms with Crippen LogP contribution in [0.3, 0.4) is 0 Å². The van der Waals surface area contributed by atoms with Crippen molar-refractivity contribution in [1.29, 1.82) is 0 Å². The highest BCUT2D eigenvalue weighted by molar-refractivity contribution is 9.11. The fraction of sp³-hybridized carbons (Fsp3) is 0.214. The first-order valence-electron chi connectivity index (χ1n) is 12.3. The lowest BCUT2D eigenvalue weighted by Gasteiger charge is -2.32. The summed E-state index contributed by atoms with van der Waals surface area (Å²) in [6.45, 7) is 8.34. The Kier molecular flexibility index (Phi) is 9.92. The summed E-state index contributed by atoms with van der Waals surface area (Å²) in [5.41, 5.74) is -0.546. The molecule has 0 aromatic carbocycles. The van der Waals surface area contributed by atoms with Gasteiger partial charge in [-0.2, -0.15) is 0 Å². The highest BCUT2D eigenvalue weighted by Crippen LogP contribution is 2.38. The van der Waals surface area contributed by atoms with Crippen molar-refractivity contribution in [2.45, 2.75) is 38.9 Å². The van der Waals surface area contributed by atoms with E-state index in [1.54, 1.807) is 74.2 Å². The third kappa shape index (κ3) is 7.29. The highest BCUT2D eigenvalue weighted by Gasteiger charge is 2.52. The number of rotatable bonds is 4. The van der Waals surface area contributed by atoms with Gasteiger partial charge in [-0.1, -0.05) is 18.2 Å². The van der Waals surface area contributed by atoms with Gasteiger partial charge in [0.2, 0.25) is 0 Å². The average Bonchev–Trinajstić information content (AvgIpc) is 3.75. The fourth-order valence-electron chi connectivity index (χ4n) is 3.55. The number of thiazole rings is 2. The van der Waals surface area contributed by atoms with Gasteiger partial charge < -0.3 is 9.31 Å². The summed E-state index contributed by atoms with van der Waals surface area (Å²) in [7, 11) is -0.247. The zero-order chi connectivity index (χ0) is 28.2. The third-order valence-corrected chi connectivity index (χ3v) is 12.9. The molecule has 0 bridgehead atoms. The van der Waals surface area contributed by atoms with E-state index in [-0.39, 0.29) is 18.3 Å². The molecule has 0 amide bonds. The summed E-state index contributed by atoms with van der Waals surface area (Å²) in [6.07, 6.45) is 3.61. The van der Waals surface area contributed by atoms with Crippen molar-refractivity contribution in [3.63, 3.8) is 0 Å². The maximum absolute atomic E-state index is 6.07. The van der Waals surface area contributed by atoms with Crippen LogP contribution in [0.2, 0.25) is 0 Å². The van der Waals surface area contributed by atoms with Gasteiger partial charge in [-0.3, -0.25) is 0 Å². The van der Waals surface area contributed by atoms with Crippen LogP contribution in [0.15, 0.2) is 86.4 Å². The van der Waals surface area contributed by atoms with Crippen molar-refractivity contribution in [3.05, 3.63) is 86.4 Å². The van der Waals surface area contributed by atoms with E-state index in [0.717, 1.165) is 13.7 Å². The van der Waals surface area contributed by atoms with Crippen LogP contribution in [0.4, 0.5) is 0 Å². The molecule has 40 heavy (non-hydrogen) atoms. The Hall–Kier alpha value is -1.48. The lowest BCUT2D eigenvalue weighted by atomic mass is 9.88. The molecule has 12 heteroatoms. The van der Waals surface area contributed by atoms with E-state index < -0.39 is 0 Å². The van der Waals surface area contributed by atoms with Crippen LogP contribution >= 0.6 is 84.0 Å². The first kappa shape index (κ1) is 30.0. The largest absolute Gasteiger partial charge is 0.505 e. The van der Waals surface area contributed by atoms with Crippen molar-refractivity contribution >= 4 is 95.8 Å². The topological polar surface area (TPSA) is 44.2 Å². The first-order chi connectivity index (χ1) is 19.2. The van der Waals surface area contributed by atoms with Crippen LogP contribution in [0.1, 0.15) is 27.7 Å². The Bertz CT molecular complexity index is 1510. The Balaban J connectivity index is 0.000000136. The van der Waals surface area contributed by atoms with E-state index in [2.05, 4.69) is 113 Å². The lowest BCUT2D eigenvalue weighted by molar-refractivity contribution is 0.00578. The molecular formula is C28H26BBrN2O2S6. The van der Waals surface area contributed by atoms with Crippen molar-refractivity contribution in [3.8, 4) is 29.4 Å². The van der Waals surface area contributed by atoms with Crippen LogP contribution in [-0.4, -0.2) is 28.3 Å². The maximum atomic E-state index is 6.07. The molecule has 0 radical (unpaired) electrons. The van der Waals surface area contributed by atoms with E-state index in [9.17, 15) is 0 Å². The molecule has 0 saturated carbocycles. The summed E-state index contributed by atoms with van der Waals surface area (Å²) in [5.74, 6) is 0. The van der Waals surface area contributed by atoms with Crippen molar-refractivity contribution in [2.75, 3.05) is 0 Å². The van der Waals surface area contributed by atoms with Crippen molar-refractivity contribution in [1.82, 2.24) is 9.97 Å². The monoisotopic (exact) mass is 704 g/mol.